The second-order valence-corrected chi connectivity index (χ2v) is 7.46. The first-order valence-electron chi connectivity index (χ1n) is 9.79. The Balaban J connectivity index is 1.51. The monoisotopic (exact) mass is 380 g/mol. The van der Waals surface area contributed by atoms with Crippen LogP contribution < -0.4 is 10.1 Å². The van der Waals surface area contributed by atoms with Gasteiger partial charge in [0, 0.05) is 45.0 Å². The van der Waals surface area contributed by atoms with Crippen LogP contribution in [-0.4, -0.2) is 35.9 Å². The number of aryl methyl sites for hydroxylation is 2. The Morgan fingerprint density at radius 1 is 1.04 bits per heavy atom. The highest BCUT2D eigenvalue weighted by Crippen LogP contribution is 2.22. The fourth-order valence-corrected chi connectivity index (χ4v) is 3.33. The average molecular weight is 380 g/mol. The van der Waals surface area contributed by atoms with Crippen molar-refractivity contribution < 1.29 is 14.3 Å². The van der Waals surface area contributed by atoms with Gasteiger partial charge in [-0.05, 0) is 54.8 Å². The Labute approximate surface area is 166 Å². The number of nitrogens with zero attached hydrogens (tertiary/aromatic N) is 1. The summed E-state index contributed by atoms with van der Waals surface area (Å²) < 4.78 is 6.11. The quantitative estimate of drug-likeness (QED) is 0.862. The molecule has 0 saturated carbocycles. The smallest absolute Gasteiger partial charge is 0.253 e. The Morgan fingerprint density at radius 2 is 1.71 bits per heavy atom. The van der Waals surface area contributed by atoms with Crippen LogP contribution in [0.1, 0.15) is 46.8 Å². The third-order valence-corrected chi connectivity index (χ3v) is 5.25. The van der Waals surface area contributed by atoms with Crippen molar-refractivity contribution >= 4 is 11.8 Å². The zero-order chi connectivity index (χ0) is 20.1. The molecule has 0 spiro atoms. The summed E-state index contributed by atoms with van der Waals surface area (Å²) >= 11 is 0. The molecule has 2 amide bonds. The highest BCUT2D eigenvalue weighted by atomic mass is 16.5. The molecule has 1 aliphatic rings. The van der Waals surface area contributed by atoms with E-state index in [4.69, 9.17) is 4.74 Å². The van der Waals surface area contributed by atoms with Crippen molar-refractivity contribution in [3.8, 4) is 5.75 Å². The number of piperidine rings is 1. The van der Waals surface area contributed by atoms with Crippen LogP contribution in [0.15, 0.2) is 42.5 Å². The first-order chi connectivity index (χ1) is 13.4. The van der Waals surface area contributed by atoms with Crippen LogP contribution in [0.2, 0.25) is 0 Å². The van der Waals surface area contributed by atoms with Gasteiger partial charge >= 0.3 is 0 Å². The number of nitrogens with one attached hydrogen (secondary N) is 1. The lowest BCUT2D eigenvalue weighted by Crippen LogP contribution is -2.41. The van der Waals surface area contributed by atoms with Gasteiger partial charge in [0.05, 0.1) is 0 Å². The van der Waals surface area contributed by atoms with Crippen molar-refractivity contribution in [2.24, 2.45) is 0 Å². The van der Waals surface area contributed by atoms with Gasteiger partial charge < -0.3 is 15.0 Å². The SMILES string of the molecule is CC(=O)NCc1ccc(C(=O)N2CCC(Oc3ccc(C)c(C)c3)CC2)cc1. The maximum Gasteiger partial charge on any atom is 0.253 e. The summed E-state index contributed by atoms with van der Waals surface area (Å²) in [5.41, 5.74) is 4.15. The minimum Gasteiger partial charge on any atom is -0.490 e. The first-order valence-corrected chi connectivity index (χ1v) is 9.79. The zero-order valence-electron chi connectivity index (χ0n) is 16.8. The van der Waals surface area contributed by atoms with Gasteiger partial charge in [-0.2, -0.15) is 0 Å². The molecule has 1 N–H and O–H groups in total. The van der Waals surface area contributed by atoms with E-state index in [0.29, 0.717) is 25.2 Å². The topological polar surface area (TPSA) is 58.6 Å². The number of hydrogen-bond donors (Lipinski definition) is 1. The molecular formula is C23H28N2O3. The molecular weight excluding hydrogens is 352 g/mol. The van der Waals surface area contributed by atoms with Gasteiger partial charge in [-0.15, -0.1) is 0 Å². The summed E-state index contributed by atoms with van der Waals surface area (Å²) in [5, 5.41) is 2.76. The molecule has 1 heterocycles. The number of amides is 2. The Morgan fingerprint density at radius 3 is 2.32 bits per heavy atom. The van der Waals surface area contributed by atoms with Crippen molar-refractivity contribution in [1.82, 2.24) is 10.2 Å². The van der Waals surface area contributed by atoms with Gasteiger partial charge in [-0.1, -0.05) is 18.2 Å². The van der Waals surface area contributed by atoms with Crippen LogP contribution in [-0.2, 0) is 11.3 Å². The van der Waals surface area contributed by atoms with E-state index in [2.05, 4.69) is 31.3 Å². The van der Waals surface area contributed by atoms with E-state index in [1.807, 2.05) is 35.2 Å². The number of ether oxygens (including phenoxy) is 1. The summed E-state index contributed by atoms with van der Waals surface area (Å²) in [5.74, 6) is 0.893. The number of rotatable bonds is 5. The standard InChI is InChI=1S/C23H28N2O3/c1-16-4-9-22(14-17(16)2)28-21-10-12-25(13-11-21)23(27)20-7-5-19(6-8-20)15-24-18(3)26/h4-9,14,21H,10-13,15H2,1-3H3,(H,24,26). The molecule has 0 unspecified atom stereocenters. The summed E-state index contributed by atoms with van der Waals surface area (Å²) in [6.45, 7) is 7.54. The highest BCUT2D eigenvalue weighted by molar-refractivity contribution is 5.94. The predicted octanol–water partition coefficient (Wildman–Crippen LogP) is 3.62. The van der Waals surface area contributed by atoms with E-state index in [9.17, 15) is 9.59 Å². The Hall–Kier alpha value is -2.82. The summed E-state index contributed by atoms with van der Waals surface area (Å²) in [4.78, 5) is 25.6. The van der Waals surface area contributed by atoms with Crippen molar-refractivity contribution in [2.75, 3.05) is 13.1 Å². The molecule has 0 atom stereocenters. The average Bonchev–Trinajstić information content (AvgIpc) is 2.70. The van der Waals surface area contributed by atoms with Gasteiger partial charge in [-0.3, -0.25) is 9.59 Å². The normalized spacial score (nSPS) is 14.6. The van der Waals surface area contributed by atoms with Gasteiger partial charge in [-0.25, -0.2) is 0 Å². The van der Waals surface area contributed by atoms with Crippen molar-refractivity contribution in [3.05, 3.63) is 64.7 Å². The molecule has 1 saturated heterocycles. The molecule has 3 rings (SSSR count). The molecule has 0 aromatic heterocycles. The number of benzene rings is 2. The third-order valence-electron chi connectivity index (χ3n) is 5.25. The fourth-order valence-electron chi connectivity index (χ4n) is 3.33. The first kappa shape index (κ1) is 19.9. The summed E-state index contributed by atoms with van der Waals surface area (Å²) in [7, 11) is 0. The van der Waals surface area contributed by atoms with Crippen LogP contribution >= 0.6 is 0 Å². The lowest BCUT2D eigenvalue weighted by atomic mass is 10.0. The molecule has 1 aliphatic heterocycles. The molecule has 148 valence electrons. The highest BCUT2D eigenvalue weighted by Gasteiger charge is 2.24. The molecule has 2 aromatic rings. The van der Waals surface area contributed by atoms with Gasteiger partial charge in [0.1, 0.15) is 11.9 Å². The largest absolute Gasteiger partial charge is 0.490 e. The second-order valence-electron chi connectivity index (χ2n) is 7.46. The predicted molar refractivity (Wildman–Crippen MR) is 109 cm³/mol. The van der Waals surface area contributed by atoms with Crippen LogP contribution in [0.5, 0.6) is 5.75 Å². The van der Waals surface area contributed by atoms with E-state index in [1.165, 1.54) is 18.1 Å². The van der Waals surface area contributed by atoms with Crippen molar-refractivity contribution in [1.29, 1.82) is 0 Å². The fraction of sp³-hybridized carbons (Fsp3) is 0.391. The summed E-state index contributed by atoms with van der Waals surface area (Å²) in [6, 6.07) is 13.6. The van der Waals surface area contributed by atoms with Crippen molar-refractivity contribution in [3.63, 3.8) is 0 Å². The zero-order valence-corrected chi connectivity index (χ0v) is 16.8. The number of carbonyl (C=O) groups excluding carboxylic acids is 2. The van der Waals surface area contributed by atoms with Crippen LogP contribution in [0.25, 0.3) is 0 Å². The number of carbonyl (C=O) groups is 2. The van der Waals surface area contributed by atoms with Crippen molar-refractivity contribution in [2.45, 2.75) is 46.3 Å². The third kappa shape index (κ3) is 5.12. The van der Waals surface area contributed by atoms with E-state index in [0.717, 1.165) is 24.2 Å². The molecule has 5 nitrogen and oxygen atoms in total. The minimum atomic E-state index is -0.0639. The Bertz CT molecular complexity index is 837. The Kier molecular flexibility index (Phi) is 6.34. The van der Waals surface area contributed by atoms with Gasteiger partial charge in [0.15, 0.2) is 0 Å². The van der Waals surface area contributed by atoms with E-state index in [-0.39, 0.29) is 17.9 Å². The molecule has 0 bridgehead atoms. The maximum atomic E-state index is 12.7. The molecule has 0 radical (unpaired) electrons. The van der Waals surface area contributed by atoms with Crippen LogP contribution in [0.4, 0.5) is 0 Å². The minimum absolute atomic E-state index is 0.0516. The summed E-state index contributed by atoms with van der Waals surface area (Å²) in [6.07, 6.45) is 1.81. The van der Waals surface area contributed by atoms with Gasteiger partial charge in [0.25, 0.3) is 5.91 Å². The van der Waals surface area contributed by atoms with E-state index in [1.54, 1.807) is 0 Å². The van der Waals surface area contributed by atoms with Crippen LogP contribution in [0.3, 0.4) is 0 Å². The van der Waals surface area contributed by atoms with Gasteiger partial charge in [0.2, 0.25) is 5.91 Å². The maximum absolute atomic E-state index is 12.7. The van der Waals surface area contributed by atoms with Crippen LogP contribution in [0, 0.1) is 13.8 Å². The van der Waals surface area contributed by atoms with E-state index >= 15 is 0 Å². The molecule has 5 heteroatoms. The number of likely N-dealkylation sites (tertiary alicyclic amines) is 1. The molecule has 1 fully saturated rings. The lowest BCUT2D eigenvalue weighted by Gasteiger charge is -2.32. The lowest BCUT2D eigenvalue weighted by molar-refractivity contribution is -0.119. The molecule has 2 aromatic carbocycles. The molecule has 0 aliphatic carbocycles. The number of hydrogen-bond acceptors (Lipinski definition) is 3. The molecule has 28 heavy (non-hydrogen) atoms. The van der Waals surface area contributed by atoms with E-state index < -0.39 is 0 Å². The second kappa shape index (κ2) is 8.91.